The number of hydrogen-bond donors (Lipinski definition) is 0. The lowest BCUT2D eigenvalue weighted by Gasteiger charge is -1.81. The number of carbonyl (C=O) groups is 1. The minimum Gasteiger partial charge on any atom is -0.288 e. The number of carbonyl (C=O) groups excluding carboxylic acids is 1. The van der Waals surface area contributed by atoms with Crippen LogP contribution in [0.5, 0.6) is 0 Å². The van der Waals surface area contributed by atoms with Crippen molar-refractivity contribution in [1.29, 1.82) is 0 Å². The van der Waals surface area contributed by atoms with Crippen LogP contribution in [0.15, 0.2) is 18.9 Å². The summed E-state index contributed by atoms with van der Waals surface area (Å²) in [7, 11) is 0. The van der Waals surface area contributed by atoms with Crippen LogP contribution in [0.25, 0.3) is 0 Å². The molecule has 0 aliphatic rings. The Bertz CT molecular complexity index is 264. The van der Waals surface area contributed by atoms with Gasteiger partial charge in [-0.05, 0) is 13.0 Å². The van der Waals surface area contributed by atoms with E-state index in [2.05, 4.69) is 11.6 Å². The molecule has 3 heteroatoms. The predicted octanol–water partition coefficient (Wildman–Crippen LogP) is 1.82. The molecule has 0 aliphatic carbocycles. The lowest BCUT2D eigenvalue weighted by atomic mass is 10.3. The molecule has 0 saturated heterocycles. The van der Waals surface area contributed by atoms with Gasteiger partial charge in [0.1, 0.15) is 0 Å². The minimum atomic E-state index is -0.0504. The van der Waals surface area contributed by atoms with E-state index >= 15 is 0 Å². The first-order chi connectivity index (χ1) is 4.74. The van der Waals surface area contributed by atoms with Crippen LogP contribution >= 0.6 is 11.3 Å². The molecule has 0 saturated carbocycles. The summed E-state index contributed by atoms with van der Waals surface area (Å²) in [4.78, 5) is 15.5. The van der Waals surface area contributed by atoms with Gasteiger partial charge in [-0.25, -0.2) is 4.98 Å². The molecular formula is C7H7NOS. The summed E-state index contributed by atoms with van der Waals surface area (Å²) < 4.78 is 0. The molecule has 0 spiro atoms. The smallest absolute Gasteiger partial charge is 0.196 e. The summed E-state index contributed by atoms with van der Waals surface area (Å²) in [5.41, 5.74) is 0. The van der Waals surface area contributed by atoms with Crippen LogP contribution in [0.4, 0.5) is 0 Å². The largest absolute Gasteiger partial charge is 0.288 e. The zero-order valence-corrected chi connectivity index (χ0v) is 6.44. The van der Waals surface area contributed by atoms with E-state index in [1.807, 2.05) is 6.92 Å². The fourth-order valence-corrected chi connectivity index (χ4v) is 1.29. The molecule has 0 fully saturated rings. The van der Waals surface area contributed by atoms with Crippen LogP contribution in [0.3, 0.4) is 0 Å². The van der Waals surface area contributed by atoms with Gasteiger partial charge >= 0.3 is 0 Å². The quantitative estimate of drug-likeness (QED) is 0.479. The highest BCUT2D eigenvalue weighted by Crippen LogP contribution is 2.11. The van der Waals surface area contributed by atoms with Gasteiger partial charge < -0.3 is 0 Å². The van der Waals surface area contributed by atoms with Gasteiger partial charge in [-0.15, -0.1) is 11.3 Å². The molecule has 0 radical (unpaired) electrons. The molecule has 10 heavy (non-hydrogen) atoms. The lowest BCUT2D eigenvalue weighted by Crippen LogP contribution is -1.86. The molecular weight excluding hydrogens is 146 g/mol. The third-order valence-corrected chi connectivity index (χ3v) is 1.98. The Morgan fingerprint density at radius 2 is 2.60 bits per heavy atom. The fraction of sp³-hybridized carbons (Fsp3) is 0.143. The molecule has 0 atom stereocenters. The zero-order valence-electron chi connectivity index (χ0n) is 5.63. The summed E-state index contributed by atoms with van der Waals surface area (Å²) in [6.07, 6.45) is 2.87. The number of allylic oxidation sites excluding steroid dienone is 1. The molecule has 0 amide bonds. The molecule has 0 unspecified atom stereocenters. The number of thiazole rings is 1. The van der Waals surface area contributed by atoms with Crippen molar-refractivity contribution in [3.05, 3.63) is 28.7 Å². The number of hydrogen-bond acceptors (Lipinski definition) is 3. The van der Waals surface area contributed by atoms with E-state index in [0.717, 1.165) is 5.01 Å². The van der Waals surface area contributed by atoms with E-state index in [0.29, 0.717) is 4.88 Å². The van der Waals surface area contributed by atoms with Gasteiger partial charge in [0.2, 0.25) is 0 Å². The van der Waals surface area contributed by atoms with Crippen molar-refractivity contribution < 1.29 is 4.79 Å². The topological polar surface area (TPSA) is 30.0 Å². The lowest BCUT2D eigenvalue weighted by molar-refractivity contribution is 0.105. The summed E-state index contributed by atoms with van der Waals surface area (Å²) in [5, 5.41) is 0.908. The van der Waals surface area contributed by atoms with Gasteiger partial charge in [-0.2, -0.15) is 0 Å². The predicted molar refractivity (Wildman–Crippen MR) is 41.4 cm³/mol. The van der Waals surface area contributed by atoms with Crippen LogP contribution < -0.4 is 0 Å². The van der Waals surface area contributed by atoms with Crippen molar-refractivity contribution >= 4 is 17.1 Å². The minimum absolute atomic E-state index is 0.0504. The second-order valence-corrected chi connectivity index (χ2v) is 3.05. The van der Waals surface area contributed by atoms with Crippen molar-refractivity contribution in [3.8, 4) is 0 Å². The molecule has 1 aromatic rings. The summed E-state index contributed by atoms with van der Waals surface area (Å²) in [5.74, 6) is -0.0504. The standard InChI is InChI=1S/C7H7NOS/c1-3-6(9)7-4-8-5(2)10-7/h3-4H,1H2,2H3. The van der Waals surface area contributed by atoms with E-state index in [4.69, 9.17) is 0 Å². The molecule has 0 aromatic carbocycles. The maximum absolute atomic E-state index is 10.9. The Morgan fingerprint density at radius 3 is 3.00 bits per heavy atom. The highest BCUT2D eigenvalue weighted by molar-refractivity contribution is 7.13. The number of aromatic nitrogens is 1. The van der Waals surface area contributed by atoms with Crippen LogP contribution in [-0.4, -0.2) is 10.8 Å². The molecule has 0 N–H and O–H groups in total. The molecule has 1 heterocycles. The maximum Gasteiger partial charge on any atom is 0.196 e. The molecule has 2 nitrogen and oxygen atoms in total. The molecule has 1 aromatic heterocycles. The molecule has 0 bridgehead atoms. The van der Waals surface area contributed by atoms with Gasteiger partial charge in [-0.1, -0.05) is 6.58 Å². The fourth-order valence-electron chi connectivity index (χ4n) is 0.576. The summed E-state index contributed by atoms with van der Waals surface area (Å²) in [6.45, 7) is 5.24. The summed E-state index contributed by atoms with van der Waals surface area (Å²) >= 11 is 1.39. The Hall–Kier alpha value is -0.960. The first-order valence-electron chi connectivity index (χ1n) is 2.83. The first-order valence-corrected chi connectivity index (χ1v) is 3.65. The maximum atomic E-state index is 10.9. The van der Waals surface area contributed by atoms with Gasteiger partial charge in [0.05, 0.1) is 9.88 Å². The molecule has 52 valence electrons. The monoisotopic (exact) mass is 153 g/mol. The highest BCUT2D eigenvalue weighted by atomic mass is 32.1. The van der Waals surface area contributed by atoms with E-state index in [1.54, 1.807) is 6.20 Å². The Labute approximate surface area is 63.2 Å². The Morgan fingerprint density at radius 1 is 1.90 bits per heavy atom. The average Bonchev–Trinajstić information content (AvgIpc) is 2.34. The first kappa shape index (κ1) is 7.15. The third-order valence-electron chi connectivity index (χ3n) is 1.05. The number of nitrogens with zero attached hydrogens (tertiary/aromatic N) is 1. The van der Waals surface area contributed by atoms with Crippen molar-refractivity contribution in [2.24, 2.45) is 0 Å². The zero-order chi connectivity index (χ0) is 7.56. The van der Waals surface area contributed by atoms with Crippen LogP contribution in [0.2, 0.25) is 0 Å². The van der Waals surface area contributed by atoms with E-state index in [9.17, 15) is 4.79 Å². The second kappa shape index (κ2) is 2.75. The van der Waals surface area contributed by atoms with Gasteiger partial charge in [0, 0.05) is 6.20 Å². The van der Waals surface area contributed by atoms with Gasteiger partial charge in [-0.3, -0.25) is 4.79 Å². The molecule has 1 rings (SSSR count). The van der Waals surface area contributed by atoms with Crippen molar-refractivity contribution in [2.75, 3.05) is 0 Å². The van der Waals surface area contributed by atoms with Crippen LogP contribution in [0.1, 0.15) is 14.7 Å². The van der Waals surface area contributed by atoms with E-state index < -0.39 is 0 Å². The van der Waals surface area contributed by atoms with Gasteiger partial charge in [0.25, 0.3) is 0 Å². The van der Waals surface area contributed by atoms with Crippen molar-refractivity contribution in [1.82, 2.24) is 4.98 Å². The van der Waals surface area contributed by atoms with E-state index in [-0.39, 0.29) is 5.78 Å². The Balaban J connectivity index is 2.95. The van der Waals surface area contributed by atoms with Crippen molar-refractivity contribution in [2.45, 2.75) is 6.92 Å². The second-order valence-electron chi connectivity index (χ2n) is 1.81. The van der Waals surface area contributed by atoms with Gasteiger partial charge in [0.15, 0.2) is 5.78 Å². The SMILES string of the molecule is C=CC(=O)c1cnc(C)s1. The average molecular weight is 153 g/mol. The number of aryl methyl sites for hydroxylation is 1. The number of ketones is 1. The summed E-state index contributed by atoms with van der Waals surface area (Å²) in [6, 6.07) is 0. The van der Waals surface area contributed by atoms with Crippen LogP contribution in [-0.2, 0) is 0 Å². The third kappa shape index (κ3) is 1.30. The molecule has 0 aliphatic heterocycles. The van der Waals surface area contributed by atoms with E-state index in [1.165, 1.54) is 17.4 Å². The van der Waals surface area contributed by atoms with Crippen LogP contribution in [0, 0.1) is 6.92 Å². The number of rotatable bonds is 2. The van der Waals surface area contributed by atoms with Crippen molar-refractivity contribution in [3.63, 3.8) is 0 Å². The normalized spacial score (nSPS) is 9.30. The highest BCUT2D eigenvalue weighted by Gasteiger charge is 2.02. The Kier molecular flexibility index (Phi) is 1.97.